The Bertz CT molecular complexity index is 500. The summed E-state index contributed by atoms with van der Waals surface area (Å²) in [5.74, 6) is -0.372. The lowest BCUT2D eigenvalue weighted by Gasteiger charge is -2.42. The van der Waals surface area contributed by atoms with E-state index in [2.05, 4.69) is 18.7 Å². The van der Waals surface area contributed by atoms with E-state index in [1.54, 1.807) is 6.07 Å². The van der Waals surface area contributed by atoms with Crippen LogP contribution in [0.1, 0.15) is 49.9 Å². The van der Waals surface area contributed by atoms with Gasteiger partial charge in [0, 0.05) is 24.5 Å². The van der Waals surface area contributed by atoms with Crippen LogP contribution in [0.3, 0.4) is 0 Å². The number of nitrogens with zero attached hydrogens (tertiary/aromatic N) is 1. The molecule has 0 saturated carbocycles. The number of nitrogen functional groups attached to an aromatic ring is 1. The monoisotopic (exact) mass is 290 g/mol. The van der Waals surface area contributed by atoms with Gasteiger partial charge in [-0.25, -0.2) is 4.79 Å². The SMILES string of the molecule is CCC1(CC)CCN(c2ccc(N)c(C(=O)OC)c2)CC1. The topological polar surface area (TPSA) is 55.6 Å². The van der Waals surface area contributed by atoms with Crippen LogP contribution < -0.4 is 10.6 Å². The summed E-state index contributed by atoms with van der Waals surface area (Å²) in [6.07, 6.45) is 4.90. The van der Waals surface area contributed by atoms with E-state index in [9.17, 15) is 4.79 Å². The molecule has 0 amide bonds. The second-order valence-corrected chi connectivity index (χ2v) is 5.96. The normalized spacial score (nSPS) is 17.6. The van der Waals surface area contributed by atoms with Crippen molar-refractivity contribution in [1.82, 2.24) is 0 Å². The average Bonchev–Trinajstić information content (AvgIpc) is 2.55. The van der Waals surface area contributed by atoms with Crippen LogP contribution in [0.4, 0.5) is 11.4 Å². The number of piperidine rings is 1. The fourth-order valence-corrected chi connectivity index (χ4v) is 3.22. The highest BCUT2D eigenvalue weighted by atomic mass is 16.5. The number of anilines is 2. The van der Waals surface area contributed by atoms with Crippen molar-refractivity contribution < 1.29 is 9.53 Å². The second kappa shape index (κ2) is 6.37. The average molecular weight is 290 g/mol. The maximum Gasteiger partial charge on any atom is 0.340 e. The first-order chi connectivity index (χ1) is 10.0. The van der Waals surface area contributed by atoms with E-state index in [4.69, 9.17) is 10.5 Å². The Hall–Kier alpha value is -1.71. The molecule has 0 aliphatic carbocycles. The quantitative estimate of drug-likeness (QED) is 0.681. The fraction of sp³-hybridized carbons (Fsp3) is 0.588. The molecule has 0 aromatic heterocycles. The Morgan fingerprint density at radius 1 is 1.29 bits per heavy atom. The van der Waals surface area contributed by atoms with Gasteiger partial charge >= 0.3 is 5.97 Å². The molecule has 4 heteroatoms. The molecule has 1 aliphatic rings. The van der Waals surface area contributed by atoms with Crippen molar-refractivity contribution in [1.29, 1.82) is 0 Å². The molecule has 0 atom stereocenters. The molecule has 1 heterocycles. The van der Waals surface area contributed by atoms with E-state index in [1.165, 1.54) is 32.8 Å². The molecule has 2 rings (SSSR count). The molecule has 2 N–H and O–H groups in total. The molecule has 1 aromatic carbocycles. The lowest BCUT2D eigenvalue weighted by atomic mass is 9.74. The van der Waals surface area contributed by atoms with E-state index in [0.717, 1.165) is 18.8 Å². The standard InChI is InChI=1S/C17H26N2O2/c1-4-17(5-2)8-10-19(11-9-17)13-6-7-15(18)14(12-13)16(20)21-3/h6-7,12H,4-5,8-11,18H2,1-3H3. The van der Waals surface area contributed by atoms with Gasteiger partial charge in [-0.15, -0.1) is 0 Å². The number of esters is 1. The largest absolute Gasteiger partial charge is 0.465 e. The number of hydrogen-bond acceptors (Lipinski definition) is 4. The van der Waals surface area contributed by atoms with Crippen LogP contribution in [0.15, 0.2) is 18.2 Å². The number of methoxy groups -OCH3 is 1. The smallest absolute Gasteiger partial charge is 0.340 e. The molecule has 1 aromatic rings. The molecule has 4 nitrogen and oxygen atoms in total. The highest BCUT2D eigenvalue weighted by molar-refractivity contribution is 5.96. The van der Waals surface area contributed by atoms with E-state index in [1.807, 2.05) is 12.1 Å². The highest BCUT2D eigenvalue weighted by Crippen LogP contribution is 2.39. The summed E-state index contributed by atoms with van der Waals surface area (Å²) in [5, 5.41) is 0. The molecule has 0 unspecified atom stereocenters. The van der Waals surface area contributed by atoms with Gasteiger partial charge in [-0.1, -0.05) is 26.7 Å². The molecule has 0 radical (unpaired) electrons. The van der Waals surface area contributed by atoms with Gasteiger partial charge in [0.25, 0.3) is 0 Å². The van der Waals surface area contributed by atoms with E-state index in [0.29, 0.717) is 16.7 Å². The van der Waals surface area contributed by atoms with Crippen LogP contribution in [0, 0.1) is 5.41 Å². The number of hydrogen-bond donors (Lipinski definition) is 1. The van der Waals surface area contributed by atoms with Gasteiger partial charge < -0.3 is 15.4 Å². The Kier molecular flexibility index (Phi) is 4.76. The van der Waals surface area contributed by atoms with Crippen molar-refractivity contribution in [2.45, 2.75) is 39.5 Å². The Balaban J connectivity index is 2.15. The molecule has 0 bridgehead atoms. The zero-order chi connectivity index (χ0) is 15.5. The third-order valence-corrected chi connectivity index (χ3v) is 5.13. The fourth-order valence-electron chi connectivity index (χ4n) is 3.22. The lowest BCUT2D eigenvalue weighted by molar-refractivity contribution is 0.0602. The molecule has 116 valence electrons. The van der Waals surface area contributed by atoms with Crippen molar-refractivity contribution in [2.75, 3.05) is 30.8 Å². The summed E-state index contributed by atoms with van der Waals surface area (Å²) in [7, 11) is 1.38. The van der Waals surface area contributed by atoms with Gasteiger partial charge in [0.15, 0.2) is 0 Å². The zero-order valence-corrected chi connectivity index (χ0v) is 13.3. The Labute approximate surface area is 127 Å². The minimum atomic E-state index is -0.372. The Morgan fingerprint density at radius 2 is 1.90 bits per heavy atom. The molecule has 21 heavy (non-hydrogen) atoms. The summed E-state index contributed by atoms with van der Waals surface area (Å²) >= 11 is 0. The molecule has 1 fully saturated rings. The van der Waals surface area contributed by atoms with Gasteiger partial charge in [-0.3, -0.25) is 0 Å². The van der Waals surface area contributed by atoms with Crippen LogP contribution in [0.25, 0.3) is 0 Å². The first-order valence-electron chi connectivity index (χ1n) is 7.78. The zero-order valence-electron chi connectivity index (χ0n) is 13.3. The third kappa shape index (κ3) is 3.14. The van der Waals surface area contributed by atoms with Crippen molar-refractivity contribution in [3.8, 4) is 0 Å². The predicted octanol–water partition coefficient (Wildman–Crippen LogP) is 3.46. The van der Waals surface area contributed by atoms with Crippen molar-refractivity contribution in [3.05, 3.63) is 23.8 Å². The summed E-state index contributed by atoms with van der Waals surface area (Å²) in [4.78, 5) is 14.1. The van der Waals surface area contributed by atoms with Crippen LogP contribution in [0.2, 0.25) is 0 Å². The van der Waals surface area contributed by atoms with Gasteiger partial charge in [0.2, 0.25) is 0 Å². The lowest BCUT2D eigenvalue weighted by Crippen LogP contribution is -2.39. The number of carbonyl (C=O) groups excluding carboxylic acids is 1. The Morgan fingerprint density at radius 3 is 2.43 bits per heavy atom. The van der Waals surface area contributed by atoms with Crippen LogP contribution in [-0.4, -0.2) is 26.2 Å². The van der Waals surface area contributed by atoms with Gasteiger partial charge in [0.05, 0.1) is 12.7 Å². The first kappa shape index (κ1) is 15.7. The summed E-state index contributed by atoms with van der Waals surface area (Å²) in [6.45, 7) is 6.65. The minimum Gasteiger partial charge on any atom is -0.465 e. The second-order valence-electron chi connectivity index (χ2n) is 5.96. The van der Waals surface area contributed by atoms with Crippen LogP contribution in [-0.2, 0) is 4.74 Å². The molecular weight excluding hydrogens is 264 g/mol. The number of benzene rings is 1. The molecule has 0 spiro atoms. The summed E-state index contributed by atoms with van der Waals surface area (Å²) < 4.78 is 4.79. The molecule has 1 saturated heterocycles. The third-order valence-electron chi connectivity index (χ3n) is 5.13. The molecule has 1 aliphatic heterocycles. The van der Waals surface area contributed by atoms with Gasteiger partial charge in [-0.05, 0) is 36.5 Å². The predicted molar refractivity (Wildman–Crippen MR) is 86.7 cm³/mol. The number of rotatable bonds is 4. The van der Waals surface area contributed by atoms with Gasteiger partial charge in [-0.2, -0.15) is 0 Å². The van der Waals surface area contributed by atoms with Crippen LogP contribution >= 0.6 is 0 Å². The maximum absolute atomic E-state index is 11.7. The van der Waals surface area contributed by atoms with Crippen molar-refractivity contribution in [2.24, 2.45) is 5.41 Å². The van der Waals surface area contributed by atoms with Crippen molar-refractivity contribution in [3.63, 3.8) is 0 Å². The van der Waals surface area contributed by atoms with E-state index in [-0.39, 0.29) is 5.97 Å². The summed E-state index contributed by atoms with van der Waals surface area (Å²) in [5.41, 5.74) is 8.35. The number of carbonyl (C=O) groups is 1. The van der Waals surface area contributed by atoms with Gasteiger partial charge in [0.1, 0.15) is 0 Å². The maximum atomic E-state index is 11.7. The van der Waals surface area contributed by atoms with E-state index >= 15 is 0 Å². The van der Waals surface area contributed by atoms with Crippen LogP contribution in [0.5, 0.6) is 0 Å². The summed E-state index contributed by atoms with van der Waals surface area (Å²) in [6, 6.07) is 5.64. The first-order valence-corrected chi connectivity index (χ1v) is 7.78. The van der Waals surface area contributed by atoms with Crippen molar-refractivity contribution >= 4 is 17.3 Å². The minimum absolute atomic E-state index is 0.372. The number of nitrogens with two attached hydrogens (primary N) is 1. The van der Waals surface area contributed by atoms with E-state index < -0.39 is 0 Å². The number of ether oxygens (including phenoxy) is 1. The molecular formula is C17H26N2O2. The highest BCUT2D eigenvalue weighted by Gasteiger charge is 2.31.